The summed E-state index contributed by atoms with van der Waals surface area (Å²) in [4.78, 5) is 16.9. The number of pyridine rings is 1. The molecule has 0 bridgehead atoms. The van der Waals surface area contributed by atoms with Crippen LogP contribution in [0.15, 0.2) is 12.1 Å². The van der Waals surface area contributed by atoms with Crippen molar-refractivity contribution in [3.05, 3.63) is 23.4 Å². The largest absolute Gasteiger partial charge is 0.373 e. The highest BCUT2D eigenvalue weighted by Crippen LogP contribution is 2.19. The number of rotatable bonds is 6. The van der Waals surface area contributed by atoms with E-state index < -0.39 is 0 Å². The maximum absolute atomic E-state index is 12.5. The minimum absolute atomic E-state index is 0.0306. The Labute approximate surface area is 122 Å². The average Bonchev–Trinajstić information content (AvgIpc) is 2.46. The van der Waals surface area contributed by atoms with Crippen molar-refractivity contribution < 1.29 is 4.79 Å². The third-order valence-electron chi connectivity index (χ3n) is 3.93. The fourth-order valence-corrected chi connectivity index (χ4v) is 1.88. The van der Waals surface area contributed by atoms with Crippen LogP contribution in [0.5, 0.6) is 0 Å². The van der Waals surface area contributed by atoms with Gasteiger partial charge in [-0.05, 0) is 37.8 Å². The molecule has 2 N–H and O–H groups in total. The molecule has 20 heavy (non-hydrogen) atoms. The molecule has 0 radical (unpaired) electrons. The zero-order valence-electron chi connectivity index (χ0n) is 13.5. The molecule has 1 aromatic rings. The van der Waals surface area contributed by atoms with Gasteiger partial charge in [-0.25, -0.2) is 4.98 Å². The lowest BCUT2D eigenvalue weighted by Gasteiger charge is -2.28. The molecule has 4 nitrogen and oxygen atoms in total. The first-order chi connectivity index (χ1) is 9.35. The molecule has 0 fully saturated rings. The van der Waals surface area contributed by atoms with E-state index >= 15 is 0 Å². The highest BCUT2D eigenvalue weighted by atomic mass is 16.1. The molecule has 0 atom stereocenters. The van der Waals surface area contributed by atoms with E-state index in [1.807, 2.05) is 13.1 Å². The Balaban J connectivity index is 3.06. The van der Waals surface area contributed by atoms with Gasteiger partial charge in [0.1, 0.15) is 5.82 Å². The van der Waals surface area contributed by atoms with E-state index in [9.17, 15) is 4.79 Å². The second-order valence-corrected chi connectivity index (χ2v) is 5.79. The summed E-state index contributed by atoms with van der Waals surface area (Å²) in [7, 11) is 1.82. The molecular formula is C16H27N3O. The van der Waals surface area contributed by atoms with Crippen molar-refractivity contribution in [1.82, 2.24) is 10.3 Å². The summed E-state index contributed by atoms with van der Waals surface area (Å²) in [5.41, 5.74) is 1.44. The van der Waals surface area contributed by atoms with Gasteiger partial charge in [0.15, 0.2) is 0 Å². The van der Waals surface area contributed by atoms with Crippen molar-refractivity contribution in [2.75, 3.05) is 12.4 Å². The average molecular weight is 277 g/mol. The first-order valence-electron chi connectivity index (χ1n) is 7.37. The monoisotopic (exact) mass is 277 g/mol. The Morgan fingerprint density at radius 2 is 1.90 bits per heavy atom. The lowest BCUT2D eigenvalue weighted by molar-refractivity contribution is 0.0901. The minimum atomic E-state index is -0.155. The van der Waals surface area contributed by atoms with Crippen LogP contribution in [0.2, 0.25) is 0 Å². The molecule has 4 heteroatoms. The zero-order chi connectivity index (χ0) is 15.3. The predicted octanol–water partition coefficient (Wildman–Crippen LogP) is 3.56. The fraction of sp³-hybridized carbons (Fsp3) is 0.625. The Hall–Kier alpha value is -1.58. The van der Waals surface area contributed by atoms with E-state index in [4.69, 9.17) is 0 Å². The van der Waals surface area contributed by atoms with Gasteiger partial charge in [-0.15, -0.1) is 0 Å². The van der Waals surface area contributed by atoms with Crippen molar-refractivity contribution in [2.45, 2.75) is 58.9 Å². The molecule has 0 unspecified atom stereocenters. The number of hydrogen-bond acceptors (Lipinski definition) is 3. The van der Waals surface area contributed by atoms with Gasteiger partial charge in [0.25, 0.3) is 5.91 Å². The van der Waals surface area contributed by atoms with Crippen LogP contribution in [-0.2, 0) is 0 Å². The van der Waals surface area contributed by atoms with Gasteiger partial charge in [-0.1, -0.05) is 27.7 Å². The van der Waals surface area contributed by atoms with Crippen LogP contribution in [0.1, 0.15) is 69.4 Å². The van der Waals surface area contributed by atoms with E-state index in [1.54, 1.807) is 6.07 Å². The van der Waals surface area contributed by atoms with Crippen LogP contribution >= 0.6 is 0 Å². The van der Waals surface area contributed by atoms with Crippen LogP contribution in [-0.4, -0.2) is 23.5 Å². The molecule has 0 aliphatic heterocycles. The molecule has 0 aromatic carbocycles. The molecule has 112 valence electrons. The summed E-state index contributed by atoms with van der Waals surface area (Å²) < 4.78 is 0. The molecule has 0 saturated heterocycles. The third-order valence-corrected chi connectivity index (χ3v) is 3.93. The number of nitrogens with zero attached hydrogens (tertiary/aromatic N) is 1. The van der Waals surface area contributed by atoms with Crippen molar-refractivity contribution in [2.24, 2.45) is 0 Å². The smallest absolute Gasteiger partial charge is 0.251 e. The van der Waals surface area contributed by atoms with Gasteiger partial charge < -0.3 is 10.6 Å². The molecule has 0 aliphatic rings. The van der Waals surface area contributed by atoms with Crippen LogP contribution in [0.4, 0.5) is 5.82 Å². The molecular weight excluding hydrogens is 250 g/mol. The van der Waals surface area contributed by atoms with Crippen LogP contribution in [0.3, 0.4) is 0 Å². The van der Waals surface area contributed by atoms with E-state index in [0.717, 1.165) is 24.4 Å². The minimum Gasteiger partial charge on any atom is -0.373 e. The predicted molar refractivity (Wildman–Crippen MR) is 84.3 cm³/mol. The lowest BCUT2D eigenvalue weighted by Crippen LogP contribution is -2.45. The number of carbonyl (C=O) groups is 1. The molecule has 0 aliphatic carbocycles. The first-order valence-corrected chi connectivity index (χ1v) is 7.37. The van der Waals surface area contributed by atoms with Gasteiger partial charge in [0.2, 0.25) is 0 Å². The Morgan fingerprint density at radius 3 is 2.35 bits per heavy atom. The number of nitrogens with one attached hydrogen (secondary N) is 2. The molecule has 1 rings (SSSR count). The van der Waals surface area contributed by atoms with Crippen molar-refractivity contribution >= 4 is 11.7 Å². The summed E-state index contributed by atoms with van der Waals surface area (Å²) in [5, 5.41) is 6.15. The first kappa shape index (κ1) is 16.5. The number of aromatic nitrogens is 1. The SMILES string of the molecule is CCC(C)(CC)NC(=O)c1cc(NC)nc(C(C)C)c1. The summed E-state index contributed by atoms with van der Waals surface area (Å²) >= 11 is 0. The standard InChI is InChI=1S/C16H27N3O/c1-7-16(5,8-2)19-15(20)12-9-13(11(3)4)18-14(10-12)17-6/h9-11H,7-8H2,1-6H3,(H,17,18)(H,19,20). The van der Waals surface area contributed by atoms with Gasteiger partial charge >= 0.3 is 0 Å². The highest BCUT2D eigenvalue weighted by Gasteiger charge is 2.23. The van der Waals surface area contributed by atoms with E-state index in [2.05, 4.69) is 50.2 Å². The van der Waals surface area contributed by atoms with Gasteiger partial charge in [0.05, 0.1) is 0 Å². The fourth-order valence-electron chi connectivity index (χ4n) is 1.88. The second kappa shape index (κ2) is 6.73. The highest BCUT2D eigenvalue weighted by molar-refractivity contribution is 5.95. The summed E-state index contributed by atoms with van der Waals surface area (Å²) in [6, 6.07) is 3.68. The normalized spacial score (nSPS) is 11.6. The second-order valence-electron chi connectivity index (χ2n) is 5.79. The Morgan fingerprint density at radius 1 is 1.30 bits per heavy atom. The lowest BCUT2D eigenvalue weighted by atomic mass is 9.95. The maximum atomic E-state index is 12.5. The van der Waals surface area contributed by atoms with Crippen LogP contribution < -0.4 is 10.6 Å². The Bertz CT molecular complexity index is 465. The van der Waals surface area contributed by atoms with Crippen molar-refractivity contribution in [3.63, 3.8) is 0 Å². The summed E-state index contributed by atoms with van der Waals surface area (Å²) in [6.07, 6.45) is 1.83. The molecule has 1 aromatic heterocycles. The maximum Gasteiger partial charge on any atom is 0.251 e. The quantitative estimate of drug-likeness (QED) is 0.836. The third kappa shape index (κ3) is 3.95. The van der Waals surface area contributed by atoms with Crippen molar-refractivity contribution in [1.29, 1.82) is 0 Å². The van der Waals surface area contributed by atoms with Gasteiger partial charge in [-0.3, -0.25) is 4.79 Å². The topological polar surface area (TPSA) is 54.0 Å². The number of anilines is 1. The zero-order valence-corrected chi connectivity index (χ0v) is 13.5. The number of carbonyl (C=O) groups excluding carboxylic acids is 1. The number of amides is 1. The summed E-state index contributed by atoms with van der Waals surface area (Å²) in [5.74, 6) is 0.992. The van der Waals surface area contributed by atoms with Crippen LogP contribution in [0.25, 0.3) is 0 Å². The molecule has 0 saturated carbocycles. The van der Waals surface area contributed by atoms with E-state index in [0.29, 0.717) is 11.5 Å². The summed E-state index contributed by atoms with van der Waals surface area (Å²) in [6.45, 7) is 10.4. The number of hydrogen-bond donors (Lipinski definition) is 2. The van der Waals surface area contributed by atoms with E-state index in [1.165, 1.54) is 0 Å². The molecule has 0 spiro atoms. The molecule has 1 amide bonds. The Kier molecular flexibility index (Phi) is 5.54. The van der Waals surface area contributed by atoms with Gasteiger partial charge in [0, 0.05) is 23.8 Å². The van der Waals surface area contributed by atoms with Gasteiger partial charge in [-0.2, -0.15) is 0 Å². The van der Waals surface area contributed by atoms with E-state index in [-0.39, 0.29) is 11.4 Å². The van der Waals surface area contributed by atoms with Crippen molar-refractivity contribution in [3.8, 4) is 0 Å². The van der Waals surface area contributed by atoms with Crippen LogP contribution in [0, 0.1) is 0 Å². The molecule has 1 heterocycles.